The number of hydrogen-bond donors (Lipinski definition) is 1. The first-order valence-electron chi connectivity index (χ1n) is 8.31. The highest BCUT2D eigenvalue weighted by Gasteiger charge is 2.21. The van der Waals surface area contributed by atoms with Gasteiger partial charge in [-0.1, -0.05) is 0 Å². The van der Waals surface area contributed by atoms with Crippen LogP contribution in [0.15, 0.2) is 42.5 Å². The van der Waals surface area contributed by atoms with Crippen LogP contribution in [-0.2, 0) is 0 Å². The highest BCUT2D eigenvalue weighted by atomic mass is 32.1. The Hall–Kier alpha value is -2.54. The van der Waals surface area contributed by atoms with E-state index in [1.807, 2.05) is 9.80 Å². The van der Waals surface area contributed by atoms with Gasteiger partial charge in [0.15, 0.2) is 10.9 Å². The van der Waals surface area contributed by atoms with Crippen molar-refractivity contribution in [2.45, 2.75) is 6.92 Å². The molecule has 7 heteroatoms. The van der Waals surface area contributed by atoms with Crippen molar-refractivity contribution < 1.29 is 13.6 Å². The molecule has 1 aliphatic heterocycles. The van der Waals surface area contributed by atoms with E-state index in [9.17, 15) is 13.6 Å². The molecule has 1 aliphatic rings. The number of carbonyl (C=O) groups excluding carboxylic acids is 1. The fraction of sp³-hybridized carbons (Fsp3) is 0.263. The van der Waals surface area contributed by atoms with Gasteiger partial charge < -0.3 is 15.1 Å². The highest BCUT2D eigenvalue weighted by molar-refractivity contribution is 7.80. The summed E-state index contributed by atoms with van der Waals surface area (Å²) in [6.45, 7) is 3.92. The minimum atomic E-state index is -0.391. The van der Waals surface area contributed by atoms with Crippen molar-refractivity contribution in [3.05, 3.63) is 59.7 Å². The molecule has 0 unspecified atom stereocenters. The fourth-order valence-corrected chi connectivity index (χ4v) is 3.17. The Morgan fingerprint density at radius 1 is 1.04 bits per heavy atom. The molecule has 4 nitrogen and oxygen atoms in total. The van der Waals surface area contributed by atoms with Crippen molar-refractivity contribution in [2.75, 3.05) is 36.4 Å². The second-order valence-electron chi connectivity index (χ2n) is 6.13. The first kappa shape index (κ1) is 18.3. The van der Waals surface area contributed by atoms with Crippen molar-refractivity contribution in [2.24, 2.45) is 0 Å². The maximum absolute atomic E-state index is 14.3. The van der Waals surface area contributed by atoms with Crippen LogP contribution in [0.5, 0.6) is 0 Å². The predicted octanol–water partition coefficient (Wildman–Crippen LogP) is 3.69. The van der Waals surface area contributed by atoms with Crippen LogP contribution in [0.25, 0.3) is 0 Å². The number of piperazine rings is 1. The normalized spacial score (nSPS) is 14.3. The Balaban J connectivity index is 1.59. The number of thiocarbonyl (C=S) groups is 1. The fourth-order valence-electron chi connectivity index (χ4n) is 2.87. The second-order valence-corrected chi connectivity index (χ2v) is 6.52. The smallest absolute Gasteiger partial charge is 0.173 e. The molecule has 0 saturated carbocycles. The number of carbonyl (C=O) groups is 1. The first-order chi connectivity index (χ1) is 12.4. The van der Waals surface area contributed by atoms with E-state index in [1.54, 1.807) is 24.3 Å². The summed E-state index contributed by atoms with van der Waals surface area (Å²) < 4.78 is 27.3. The van der Waals surface area contributed by atoms with E-state index >= 15 is 0 Å². The van der Waals surface area contributed by atoms with Crippen molar-refractivity contribution in [1.29, 1.82) is 0 Å². The summed E-state index contributed by atoms with van der Waals surface area (Å²) in [6, 6.07) is 10.6. The molecule has 2 aromatic carbocycles. The number of nitrogens with zero attached hydrogens (tertiary/aromatic N) is 2. The van der Waals surface area contributed by atoms with Gasteiger partial charge in [-0.3, -0.25) is 4.79 Å². The number of rotatable bonds is 3. The summed E-state index contributed by atoms with van der Waals surface area (Å²) in [5.41, 5.74) is 1.59. The molecule has 0 amide bonds. The molecule has 1 N–H and O–H groups in total. The zero-order valence-corrected chi connectivity index (χ0v) is 15.2. The average Bonchev–Trinajstić information content (AvgIpc) is 2.63. The average molecular weight is 375 g/mol. The molecule has 0 bridgehead atoms. The molecule has 26 heavy (non-hydrogen) atoms. The highest BCUT2D eigenvalue weighted by Crippen LogP contribution is 2.22. The van der Waals surface area contributed by atoms with Crippen LogP contribution in [0, 0.1) is 11.6 Å². The summed E-state index contributed by atoms with van der Waals surface area (Å²) in [5, 5.41) is 3.64. The molecular weight excluding hydrogens is 356 g/mol. The third kappa shape index (κ3) is 4.16. The first-order valence-corrected chi connectivity index (χ1v) is 8.72. The SMILES string of the molecule is CC(=O)c1ccc(N2CCN(C(=S)Nc3ccc(F)cc3)CC2)c(F)c1. The standard InChI is InChI=1S/C19H19F2N3OS/c1-13(25)14-2-7-18(17(21)12-14)23-8-10-24(11-9-23)19(26)22-16-5-3-15(20)4-6-16/h2-7,12H,8-11H2,1H3,(H,22,26). The Bertz CT molecular complexity index is 818. The zero-order valence-electron chi connectivity index (χ0n) is 14.3. The molecule has 0 radical (unpaired) electrons. The molecule has 1 heterocycles. The Morgan fingerprint density at radius 2 is 1.69 bits per heavy atom. The number of nitrogens with one attached hydrogen (secondary N) is 1. The Kier molecular flexibility index (Phi) is 5.46. The molecule has 3 rings (SSSR count). The summed E-state index contributed by atoms with van der Waals surface area (Å²) >= 11 is 5.41. The van der Waals surface area contributed by atoms with E-state index in [0.29, 0.717) is 42.5 Å². The van der Waals surface area contributed by atoms with Crippen LogP contribution in [-0.4, -0.2) is 42.0 Å². The predicted molar refractivity (Wildman–Crippen MR) is 103 cm³/mol. The minimum absolute atomic E-state index is 0.155. The quantitative estimate of drug-likeness (QED) is 0.654. The van der Waals surface area contributed by atoms with Crippen LogP contribution in [0.4, 0.5) is 20.2 Å². The monoisotopic (exact) mass is 375 g/mol. The maximum atomic E-state index is 14.3. The Morgan fingerprint density at radius 3 is 2.27 bits per heavy atom. The van der Waals surface area contributed by atoms with Crippen LogP contribution in [0.1, 0.15) is 17.3 Å². The lowest BCUT2D eigenvalue weighted by atomic mass is 10.1. The Labute approximate surface area is 156 Å². The van der Waals surface area contributed by atoms with Gasteiger partial charge in [0, 0.05) is 37.4 Å². The van der Waals surface area contributed by atoms with Gasteiger partial charge in [0.25, 0.3) is 0 Å². The van der Waals surface area contributed by atoms with Gasteiger partial charge in [0.05, 0.1) is 5.69 Å². The van der Waals surface area contributed by atoms with Gasteiger partial charge in [0.1, 0.15) is 11.6 Å². The second kappa shape index (κ2) is 7.78. The minimum Gasteiger partial charge on any atom is -0.366 e. The summed E-state index contributed by atoms with van der Waals surface area (Å²) in [5.74, 6) is -0.844. The molecule has 1 fully saturated rings. The van der Waals surface area contributed by atoms with E-state index in [4.69, 9.17) is 12.2 Å². The van der Waals surface area contributed by atoms with Crippen molar-refractivity contribution in [1.82, 2.24) is 4.90 Å². The number of Topliss-reactive ketones (excluding diaryl/α,β-unsaturated/α-hetero) is 1. The van der Waals surface area contributed by atoms with Gasteiger partial charge in [-0.05, 0) is 61.6 Å². The number of anilines is 2. The maximum Gasteiger partial charge on any atom is 0.173 e. The number of halogens is 2. The largest absolute Gasteiger partial charge is 0.366 e. The topological polar surface area (TPSA) is 35.6 Å². The van der Waals surface area contributed by atoms with Gasteiger partial charge in [-0.15, -0.1) is 0 Å². The number of ketones is 1. The molecule has 0 atom stereocenters. The molecular formula is C19H19F2N3OS. The third-order valence-electron chi connectivity index (χ3n) is 4.36. The molecule has 0 aliphatic carbocycles. The van der Waals surface area contributed by atoms with E-state index in [1.165, 1.54) is 25.1 Å². The van der Waals surface area contributed by atoms with E-state index < -0.39 is 5.82 Å². The van der Waals surface area contributed by atoms with Crippen LogP contribution >= 0.6 is 12.2 Å². The van der Waals surface area contributed by atoms with Crippen molar-refractivity contribution >= 4 is 34.5 Å². The molecule has 2 aromatic rings. The summed E-state index contributed by atoms with van der Waals surface area (Å²) in [6.07, 6.45) is 0. The molecule has 0 aromatic heterocycles. The van der Waals surface area contributed by atoms with Crippen LogP contribution in [0.3, 0.4) is 0 Å². The molecule has 136 valence electrons. The molecule has 0 spiro atoms. The van der Waals surface area contributed by atoms with E-state index in [0.717, 1.165) is 5.69 Å². The third-order valence-corrected chi connectivity index (χ3v) is 4.72. The summed E-state index contributed by atoms with van der Waals surface area (Å²) in [4.78, 5) is 15.3. The number of hydrogen-bond acceptors (Lipinski definition) is 3. The lowest BCUT2D eigenvalue weighted by Crippen LogP contribution is -2.50. The van der Waals surface area contributed by atoms with Gasteiger partial charge >= 0.3 is 0 Å². The van der Waals surface area contributed by atoms with E-state index in [2.05, 4.69) is 5.32 Å². The lowest BCUT2D eigenvalue weighted by molar-refractivity contribution is 0.101. The van der Waals surface area contributed by atoms with E-state index in [-0.39, 0.29) is 11.6 Å². The van der Waals surface area contributed by atoms with Crippen LogP contribution in [0.2, 0.25) is 0 Å². The zero-order chi connectivity index (χ0) is 18.7. The number of benzene rings is 2. The van der Waals surface area contributed by atoms with Crippen LogP contribution < -0.4 is 10.2 Å². The molecule has 1 saturated heterocycles. The van der Waals surface area contributed by atoms with Gasteiger partial charge in [-0.2, -0.15) is 0 Å². The van der Waals surface area contributed by atoms with Crippen molar-refractivity contribution in [3.63, 3.8) is 0 Å². The van der Waals surface area contributed by atoms with Crippen molar-refractivity contribution in [3.8, 4) is 0 Å². The summed E-state index contributed by atoms with van der Waals surface area (Å²) in [7, 11) is 0. The van der Waals surface area contributed by atoms with Gasteiger partial charge in [0.2, 0.25) is 0 Å². The lowest BCUT2D eigenvalue weighted by Gasteiger charge is -2.37. The van der Waals surface area contributed by atoms with Gasteiger partial charge in [-0.25, -0.2) is 8.78 Å².